The molecule has 0 spiro atoms. The second-order valence-electron chi connectivity index (χ2n) is 6.08. The minimum absolute atomic E-state index is 0.0461. The molecule has 0 fully saturated rings. The molecule has 3 rings (SSSR count). The maximum absolute atomic E-state index is 12.5. The third-order valence-electron chi connectivity index (χ3n) is 3.93. The highest BCUT2D eigenvalue weighted by atomic mass is 32.2. The summed E-state index contributed by atoms with van der Waals surface area (Å²) < 4.78 is 30.0. The molecule has 31 heavy (non-hydrogen) atoms. The van der Waals surface area contributed by atoms with Gasteiger partial charge in [0, 0.05) is 29.4 Å². The summed E-state index contributed by atoms with van der Waals surface area (Å²) in [5.41, 5.74) is -0.465. The number of nitro benzene ring substituents is 2. The van der Waals surface area contributed by atoms with Gasteiger partial charge in [-0.05, 0) is 30.3 Å². The summed E-state index contributed by atoms with van der Waals surface area (Å²) in [4.78, 5) is 32.5. The van der Waals surface area contributed by atoms with E-state index in [9.17, 15) is 33.4 Å². The molecule has 3 aromatic rings. The molecule has 11 nitrogen and oxygen atoms in total. The summed E-state index contributed by atoms with van der Waals surface area (Å²) in [5.74, 6) is -0.964. The lowest BCUT2D eigenvalue weighted by molar-refractivity contribution is -0.385. The molecule has 0 aromatic heterocycles. The summed E-state index contributed by atoms with van der Waals surface area (Å²) in [5, 5.41) is 24.1. The highest BCUT2D eigenvalue weighted by Crippen LogP contribution is 2.24. The van der Waals surface area contributed by atoms with Crippen LogP contribution in [0.2, 0.25) is 0 Å². The molecule has 0 heterocycles. The Morgan fingerprint density at radius 2 is 1.45 bits per heavy atom. The van der Waals surface area contributed by atoms with Crippen LogP contribution >= 0.6 is 0 Å². The van der Waals surface area contributed by atoms with E-state index in [4.69, 9.17) is 4.18 Å². The fourth-order valence-corrected chi connectivity index (χ4v) is 3.49. The highest BCUT2D eigenvalue weighted by Gasteiger charge is 2.20. The van der Waals surface area contributed by atoms with Crippen LogP contribution in [0.4, 0.5) is 17.1 Å². The Bertz CT molecular complexity index is 1290. The Morgan fingerprint density at radius 3 is 2.13 bits per heavy atom. The zero-order chi connectivity index (χ0) is 22.6. The number of carbonyl (C=O) groups excluding carboxylic acids is 1. The van der Waals surface area contributed by atoms with Crippen molar-refractivity contribution in [3.05, 3.63) is 98.6 Å². The van der Waals surface area contributed by atoms with E-state index >= 15 is 0 Å². The van der Waals surface area contributed by atoms with Crippen LogP contribution in [-0.4, -0.2) is 24.2 Å². The van der Waals surface area contributed by atoms with Crippen molar-refractivity contribution >= 4 is 33.1 Å². The third kappa shape index (κ3) is 5.19. The maximum atomic E-state index is 12.5. The number of carbonyl (C=O) groups is 1. The Kier molecular flexibility index (Phi) is 5.93. The van der Waals surface area contributed by atoms with Crippen LogP contribution in [0, 0.1) is 20.2 Å². The van der Waals surface area contributed by atoms with Gasteiger partial charge in [0.05, 0.1) is 15.9 Å². The molecule has 0 bridgehead atoms. The molecule has 0 aliphatic carbocycles. The van der Waals surface area contributed by atoms with Gasteiger partial charge >= 0.3 is 10.1 Å². The monoisotopic (exact) mass is 443 g/mol. The van der Waals surface area contributed by atoms with Gasteiger partial charge in [-0.15, -0.1) is 0 Å². The predicted octanol–water partition coefficient (Wildman–Crippen LogP) is 3.52. The molecule has 0 saturated heterocycles. The lowest BCUT2D eigenvalue weighted by atomic mass is 10.2. The molecule has 0 radical (unpaired) electrons. The van der Waals surface area contributed by atoms with Crippen LogP contribution in [0.3, 0.4) is 0 Å². The van der Waals surface area contributed by atoms with Crippen molar-refractivity contribution in [3.63, 3.8) is 0 Å². The molecule has 0 aliphatic heterocycles. The number of non-ortho nitro benzene ring substituents is 2. The van der Waals surface area contributed by atoms with E-state index < -0.39 is 25.9 Å². The number of anilines is 1. The van der Waals surface area contributed by atoms with Crippen molar-refractivity contribution < 1.29 is 27.2 Å². The van der Waals surface area contributed by atoms with E-state index in [1.807, 2.05) is 0 Å². The van der Waals surface area contributed by atoms with Crippen molar-refractivity contribution in [2.75, 3.05) is 5.32 Å². The second-order valence-corrected chi connectivity index (χ2v) is 7.63. The highest BCUT2D eigenvalue weighted by molar-refractivity contribution is 7.87. The quantitative estimate of drug-likeness (QED) is 0.330. The first-order valence-electron chi connectivity index (χ1n) is 8.50. The first-order valence-corrected chi connectivity index (χ1v) is 9.91. The predicted molar refractivity (Wildman–Crippen MR) is 108 cm³/mol. The number of amides is 1. The average Bonchev–Trinajstić information content (AvgIpc) is 2.74. The van der Waals surface area contributed by atoms with Gasteiger partial charge in [-0.3, -0.25) is 25.0 Å². The first-order chi connectivity index (χ1) is 14.7. The Hall–Kier alpha value is -4.32. The van der Waals surface area contributed by atoms with Gasteiger partial charge in [-0.25, -0.2) is 0 Å². The van der Waals surface area contributed by atoms with E-state index in [2.05, 4.69) is 5.32 Å². The van der Waals surface area contributed by atoms with E-state index in [-0.39, 0.29) is 33.3 Å². The molecule has 1 N–H and O–H groups in total. The zero-order valence-corrected chi connectivity index (χ0v) is 16.3. The van der Waals surface area contributed by atoms with Gasteiger partial charge in [-0.2, -0.15) is 8.42 Å². The fourth-order valence-electron chi connectivity index (χ4n) is 2.52. The Labute approximate surface area is 175 Å². The SMILES string of the molecule is O=C(Nc1cccc([N+](=O)[O-])c1)c1cccc(S(=O)(=O)Oc2cccc([N+](=O)[O-])c2)c1. The zero-order valence-electron chi connectivity index (χ0n) is 15.5. The number of hydrogen-bond donors (Lipinski definition) is 1. The van der Waals surface area contributed by atoms with Crippen molar-refractivity contribution in [2.24, 2.45) is 0 Å². The summed E-state index contributed by atoms with van der Waals surface area (Å²) in [7, 11) is -4.39. The number of nitro groups is 2. The summed E-state index contributed by atoms with van der Waals surface area (Å²) in [6.45, 7) is 0. The van der Waals surface area contributed by atoms with Crippen LogP contribution in [0.15, 0.2) is 77.7 Å². The standard InChI is InChI=1S/C19H13N3O8S/c23-19(20-14-5-2-6-15(11-14)21(24)25)13-4-1-9-18(10-13)31(28,29)30-17-8-3-7-16(12-17)22(26)27/h1-12H,(H,20,23). The molecular weight excluding hydrogens is 430 g/mol. The van der Waals surface area contributed by atoms with Crippen molar-refractivity contribution in [3.8, 4) is 5.75 Å². The molecule has 158 valence electrons. The number of hydrogen-bond acceptors (Lipinski definition) is 8. The molecule has 0 unspecified atom stereocenters. The molecule has 0 atom stereocenters. The van der Waals surface area contributed by atoms with Crippen LogP contribution in [0.1, 0.15) is 10.4 Å². The largest absolute Gasteiger partial charge is 0.379 e. The third-order valence-corrected chi connectivity index (χ3v) is 5.18. The van der Waals surface area contributed by atoms with Crippen LogP contribution in [0.5, 0.6) is 5.75 Å². The molecule has 0 aliphatic rings. The normalized spacial score (nSPS) is 10.8. The van der Waals surface area contributed by atoms with Crippen LogP contribution < -0.4 is 9.50 Å². The van der Waals surface area contributed by atoms with Gasteiger partial charge < -0.3 is 9.50 Å². The maximum Gasteiger partial charge on any atom is 0.339 e. The Morgan fingerprint density at radius 1 is 0.839 bits per heavy atom. The van der Waals surface area contributed by atoms with E-state index in [0.29, 0.717) is 0 Å². The molecular formula is C19H13N3O8S. The topological polar surface area (TPSA) is 159 Å². The second kappa shape index (κ2) is 8.59. The van der Waals surface area contributed by atoms with Gasteiger partial charge in [-0.1, -0.05) is 18.2 Å². The minimum Gasteiger partial charge on any atom is -0.379 e. The van der Waals surface area contributed by atoms with E-state index in [1.54, 1.807) is 0 Å². The van der Waals surface area contributed by atoms with Gasteiger partial charge in [0.15, 0.2) is 0 Å². The van der Waals surface area contributed by atoms with Crippen molar-refractivity contribution in [2.45, 2.75) is 4.90 Å². The Balaban J connectivity index is 1.82. The minimum atomic E-state index is -4.39. The van der Waals surface area contributed by atoms with Gasteiger partial charge in [0.1, 0.15) is 10.6 Å². The van der Waals surface area contributed by atoms with Crippen LogP contribution in [0.25, 0.3) is 0 Å². The van der Waals surface area contributed by atoms with E-state index in [1.165, 1.54) is 54.6 Å². The summed E-state index contributed by atoms with van der Waals surface area (Å²) in [6.07, 6.45) is 0. The fraction of sp³-hybridized carbons (Fsp3) is 0. The molecule has 1 amide bonds. The lowest BCUT2D eigenvalue weighted by Crippen LogP contribution is -2.14. The molecule has 0 saturated carbocycles. The number of nitrogens with zero attached hydrogens (tertiary/aromatic N) is 2. The van der Waals surface area contributed by atoms with Crippen molar-refractivity contribution in [1.29, 1.82) is 0 Å². The van der Waals surface area contributed by atoms with Crippen molar-refractivity contribution in [1.82, 2.24) is 0 Å². The number of nitrogens with one attached hydrogen (secondary N) is 1. The van der Waals surface area contributed by atoms with Gasteiger partial charge in [0.2, 0.25) is 0 Å². The number of benzene rings is 3. The average molecular weight is 443 g/mol. The summed E-state index contributed by atoms with van der Waals surface area (Å²) in [6, 6.07) is 14.8. The van der Waals surface area contributed by atoms with Gasteiger partial charge in [0.25, 0.3) is 17.3 Å². The molecule has 12 heteroatoms. The number of rotatable bonds is 7. The molecule has 3 aromatic carbocycles. The van der Waals surface area contributed by atoms with Crippen LogP contribution in [-0.2, 0) is 10.1 Å². The lowest BCUT2D eigenvalue weighted by Gasteiger charge is -2.09. The smallest absolute Gasteiger partial charge is 0.339 e. The summed E-state index contributed by atoms with van der Waals surface area (Å²) >= 11 is 0. The first kappa shape index (κ1) is 21.4. The van der Waals surface area contributed by atoms with E-state index in [0.717, 1.165) is 18.2 Å².